The first-order valence-corrected chi connectivity index (χ1v) is 6.30. The van der Waals surface area contributed by atoms with Gasteiger partial charge in [-0.1, -0.05) is 0 Å². The Kier molecular flexibility index (Phi) is 1.95. The lowest BCUT2D eigenvalue weighted by molar-refractivity contribution is 0.174. The topological polar surface area (TPSA) is 51.3 Å². The number of aromatic nitrogens is 1. The molecule has 1 aliphatic heterocycles. The van der Waals surface area contributed by atoms with E-state index in [0.29, 0.717) is 16.9 Å². The van der Waals surface area contributed by atoms with Crippen molar-refractivity contribution in [3.05, 3.63) is 33.6 Å². The quantitative estimate of drug-likeness (QED) is 0.771. The molecule has 0 fully saturated rings. The predicted molar refractivity (Wildman–Crippen MR) is 67.3 cm³/mol. The third-order valence-corrected chi connectivity index (χ3v) is 3.78. The molecular weight excluding hydrogens is 230 g/mol. The monoisotopic (exact) mass is 243 g/mol. The fourth-order valence-electron chi connectivity index (χ4n) is 2.85. The lowest BCUT2D eigenvalue weighted by atomic mass is 9.94. The Morgan fingerprint density at radius 2 is 1.83 bits per heavy atom. The lowest BCUT2D eigenvalue weighted by Gasteiger charge is -2.16. The average molecular weight is 243 g/mol. The minimum atomic E-state index is 0.150. The van der Waals surface area contributed by atoms with Gasteiger partial charge in [0.15, 0.2) is 16.9 Å². The number of pyridine rings is 1. The molecule has 1 aromatic carbocycles. The van der Waals surface area contributed by atoms with Crippen molar-refractivity contribution in [1.29, 1.82) is 0 Å². The largest absolute Gasteiger partial charge is 0.454 e. The van der Waals surface area contributed by atoms with Crippen molar-refractivity contribution in [3.63, 3.8) is 0 Å². The molecule has 4 rings (SSSR count). The molecule has 0 amide bonds. The van der Waals surface area contributed by atoms with E-state index in [1.807, 2.05) is 6.07 Å². The van der Waals surface area contributed by atoms with E-state index in [1.54, 1.807) is 6.07 Å². The summed E-state index contributed by atoms with van der Waals surface area (Å²) in [6.45, 7) is 0.236. The highest BCUT2D eigenvalue weighted by Gasteiger charge is 2.19. The second-order valence-corrected chi connectivity index (χ2v) is 4.87. The zero-order valence-corrected chi connectivity index (χ0v) is 9.91. The Morgan fingerprint density at radius 1 is 1.06 bits per heavy atom. The van der Waals surface area contributed by atoms with Crippen LogP contribution in [0.2, 0.25) is 0 Å². The fraction of sp³-hybridized carbons (Fsp3) is 0.357. The van der Waals surface area contributed by atoms with Gasteiger partial charge >= 0.3 is 0 Å². The summed E-state index contributed by atoms with van der Waals surface area (Å²) in [5, 5.41) is 0.708. The lowest BCUT2D eigenvalue weighted by Crippen LogP contribution is -2.18. The second kappa shape index (κ2) is 3.51. The molecule has 0 atom stereocenters. The van der Waals surface area contributed by atoms with Crippen molar-refractivity contribution in [2.75, 3.05) is 6.79 Å². The SMILES string of the molecule is O=c1c2c([nH]c3cc4c(cc13)OCO4)CCCC2. The van der Waals surface area contributed by atoms with Crippen LogP contribution in [0.15, 0.2) is 16.9 Å². The third kappa shape index (κ3) is 1.29. The average Bonchev–Trinajstić information content (AvgIpc) is 2.84. The van der Waals surface area contributed by atoms with Gasteiger partial charge in [0, 0.05) is 22.7 Å². The highest BCUT2D eigenvalue weighted by molar-refractivity contribution is 5.83. The molecule has 0 bridgehead atoms. The normalized spacial score (nSPS) is 16.9. The summed E-state index contributed by atoms with van der Waals surface area (Å²) in [5.74, 6) is 1.39. The van der Waals surface area contributed by atoms with Gasteiger partial charge in [-0.3, -0.25) is 4.79 Å². The minimum Gasteiger partial charge on any atom is -0.454 e. The number of aryl methyl sites for hydroxylation is 1. The zero-order chi connectivity index (χ0) is 12.1. The Hall–Kier alpha value is -1.97. The Bertz CT molecular complexity index is 702. The van der Waals surface area contributed by atoms with E-state index in [0.717, 1.165) is 42.5 Å². The van der Waals surface area contributed by atoms with E-state index < -0.39 is 0 Å². The standard InChI is InChI=1S/C14H13NO3/c16-14-8-3-1-2-4-10(8)15-11-6-13-12(5-9(11)14)17-7-18-13/h5-6H,1-4,7H2,(H,15,16). The molecular formula is C14H13NO3. The zero-order valence-electron chi connectivity index (χ0n) is 9.91. The van der Waals surface area contributed by atoms with Gasteiger partial charge in [0.05, 0.1) is 5.52 Å². The van der Waals surface area contributed by atoms with Crippen LogP contribution in [0.5, 0.6) is 11.5 Å². The summed E-state index contributed by atoms with van der Waals surface area (Å²) >= 11 is 0. The summed E-state index contributed by atoms with van der Waals surface area (Å²) in [5.41, 5.74) is 3.05. The summed E-state index contributed by atoms with van der Waals surface area (Å²) in [4.78, 5) is 15.8. The van der Waals surface area contributed by atoms with E-state index in [2.05, 4.69) is 4.98 Å². The van der Waals surface area contributed by atoms with Crippen molar-refractivity contribution in [1.82, 2.24) is 4.98 Å². The smallest absolute Gasteiger partial charge is 0.231 e. The van der Waals surface area contributed by atoms with Gasteiger partial charge in [-0.25, -0.2) is 0 Å². The molecule has 2 aromatic rings. The molecule has 0 radical (unpaired) electrons. The summed E-state index contributed by atoms with van der Waals surface area (Å²) in [7, 11) is 0. The van der Waals surface area contributed by atoms with Crippen LogP contribution in [0.3, 0.4) is 0 Å². The molecule has 0 saturated carbocycles. The van der Waals surface area contributed by atoms with E-state index in [4.69, 9.17) is 9.47 Å². The van der Waals surface area contributed by atoms with Gasteiger partial charge in [0.1, 0.15) is 0 Å². The van der Waals surface area contributed by atoms with Crippen LogP contribution < -0.4 is 14.9 Å². The van der Waals surface area contributed by atoms with E-state index in [9.17, 15) is 4.79 Å². The van der Waals surface area contributed by atoms with E-state index >= 15 is 0 Å². The summed E-state index contributed by atoms with van der Waals surface area (Å²) in [6.07, 6.45) is 4.11. The van der Waals surface area contributed by atoms with Crippen molar-refractivity contribution in [2.24, 2.45) is 0 Å². The van der Waals surface area contributed by atoms with Gasteiger partial charge in [-0.2, -0.15) is 0 Å². The molecule has 0 spiro atoms. The van der Waals surface area contributed by atoms with Crippen molar-refractivity contribution < 1.29 is 9.47 Å². The highest BCUT2D eigenvalue weighted by Crippen LogP contribution is 2.35. The number of hydrogen-bond acceptors (Lipinski definition) is 3. The molecule has 4 heteroatoms. The number of nitrogens with one attached hydrogen (secondary N) is 1. The van der Waals surface area contributed by atoms with Crippen molar-refractivity contribution in [3.8, 4) is 11.5 Å². The highest BCUT2D eigenvalue weighted by atomic mass is 16.7. The fourth-order valence-corrected chi connectivity index (χ4v) is 2.85. The maximum Gasteiger partial charge on any atom is 0.231 e. The van der Waals surface area contributed by atoms with Crippen LogP contribution in [-0.2, 0) is 12.8 Å². The van der Waals surface area contributed by atoms with Crippen molar-refractivity contribution >= 4 is 10.9 Å². The van der Waals surface area contributed by atoms with Crippen LogP contribution in [0.25, 0.3) is 10.9 Å². The van der Waals surface area contributed by atoms with Gasteiger partial charge in [-0.15, -0.1) is 0 Å². The molecule has 2 heterocycles. The molecule has 2 aliphatic rings. The predicted octanol–water partition coefficient (Wildman–Crippen LogP) is 2.14. The Morgan fingerprint density at radius 3 is 2.72 bits per heavy atom. The minimum absolute atomic E-state index is 0.150. The molecule has 1 aliphatic carbocycles. The van der Waals surface area contributed by atoms with Crippen LogP contribution >= 0.6 is 0 Å². The number of benzene rings is 1. The van der Waals surface area contributed by atoms with Crippen LogP contribution in [0, 0.1) is 0 Å². The van der Waals surface area contributed by atoms with Gasteiger partial charge in [-0.05, 0) is 31.7 Å². The van der Waals surface area contributed by atoms with Gasteiger partial charge in [0.2, 0.25) is 6.79 Å². The maximum absolute atomic E-state index is 12.5. The Balaban J connectivity index is 2.07. The first-order chi connectivity index (χ1) is 8.83. The molecule has 1 aromatic heterocycles. The van der Waals surface area contributed by atoms with Gasteiger partial charge in [0.25, 0.3) is 0 Å². The van der Waals surface area contributed by atoms with Crippen LogP contribution in [0.1, 0.15) is 24.1 Å². The molecule has 0 unspecified atom stereocenters. The number of H-pyrrole nitrogens is 1. The number of fused-ring (bicyclic) bond motifs is 3. The Labute approximate surface area is 104 Å². The number of aromatic amines is 1. The number of ether oxygens (including phenoxy) is 2. The van der Waals surface area contributed by atoms with Crippen LogP contribution in [0.4, 0.5) is 0 Å². The second-order valence-electron chi connectivity index (χ2n) is 4.87. The maximum atomic E-state index is 12.5. The summed E-state index contributed by atoms with van der Waals surface area (Å²) < 4.78 is 10.7. The third-order valence-electron chi connectivity index (χ3n) is 3.78. The first-order valence-electron chi connectivity index (χ1n) is 6.30. The number of hydrogen-bond donors (Lipinski definition) is 1. The number of rotatable bonds is 0. The van der Waals surface area contributed by atoms with Crippen molar-refractivity contribution in [2.45, 2.75) is 25.7 Å². The molecule has 0 saturated heterocycles. The molecule has 18 heavy (non-hydrogen) atoms. The van der Waals surface area contributed by atoms with Gasteiger partial charge < -0.3 is 14.5 Å². The molecule has 92 valence electrons. The molecule has 1 N–H and O–H groups in total. The van der Waals surface area contributed by atoms with E-state index in [-0.39, 0.29) is 12.2 Å². The molecule has 4 nitrogen and oxygen atoms in total. The summed E-state index contributed by atoms with van der Waals surface area (Å²) in [6, 6.07) is 3.67. The van der Waals surface area contributed by atoms with E-state index in [1.165, 1.54) is 0 Å². The van der Waals surface area contributed by atoms with Crippen LogP contribution in [-0.4, -0.2) is 11.8 Å². The first kappa shape index (κ1) is 10.00.